The third-order valence-electron chi connectivity index (χ3n) is 2.42. The van der Waals surface area contributed by atoms with Crippen molar-refractivity contribution >= 4 is 0 Å². The summed E-state index contributed by atoms with van der Waals surface area (Å²) < 4.78 is 41.4. The SMILES string of the molecule is CC(C)(C)C1COC(C(F)(F)F)CN1. The Morgan fingerprint density at radius 3 is 2.07 bits per heavy atom. The third kappa shape index (κ3) is 2.85. The van der Waals surface area contributed by atoms with Crippen molar-refractivity contribution in [3.05, 3.63) is 0 Å². The van der Waals surface area contributed by atoms with Crippen molar-refractivity contribution in [3.63, 3.8) is 0 Å². The fourth-order valence-corrected chi connectivity index (χ4v) is 1.35. The van der Waals surface area contributed by atoms with Crippen LogP contribution in [0.15, 0.2) is 0 Å². The van der Waals surface area contributed by atoms with Gasteiger partial charge in [-0.15, -0.1) is 0 Å². The number of rotatable bonds is 0. The van der Waals surface area contributed by atoms with Crippen molar-refractivity contribution in [3.8, 4) is 0 Å². The number of halogens is 3. The molecule has 0 bridgehead atoms. The number of hydrogen-bond donors (Lipinski definition) is 1. The van der Waals surface area contributed by atoms with Crippen LogP contribution in [0.25, 0.3) is 0 Å². The van der Waals surface area contributed by atoms with E-state index in [2.05, 4.69) is 5.32 Å². The van der Waals surface area contributed by atoms with E-state index < -0.39 is 12.3 Å². The highest BCUT2D eigenvalue weighted by Gasteiger charge is 2.44. The van der Waals surface area contributed by atoms with Gasteiger partial charge in [-0.05, 0) is 5.41 Å². The first-order valence-corrected chi connectivity index (χ1v) is 4.63. The molecule has 1 N–H and O–H groups in total. The van der Waals surface area contributed by atoms with Gasteiger partial charge in [-0.3, -0.25) is 0 Å². The zero-order valence-corrected chi connectivity index (χ0v) is 8.61. The Balaban J connectivity index is 2.47. The molecular formula is C9H16F3NO. The topological polar surface area (TPSA) is 21.3 Å². The van der Waals surface area contributed by atoms with Gasteiger partial charge in [-0.1, -0.05) is 20.8 Å². The lowest BCUT2D eigenvalue weighted by atomic mass is 9.86. The average molecular weight is 211 g/mol. The zero-order chi connectivity index (χ0) is 11.0. The second kappa shape index (κ2) is 3.70. The standard InChI is InChI=1S/C9H16F3NO/c1-8(2,3)6-5-14-7(4-13-6)9(10,11)12/h6-7,13H,4-5H2,1-3H3. The number of ether oxygens (including phenoxy) is 1. The van der Waals surface area contributed by atoms with Gasteiger partial charge in [0.15, 0.2) is 6.10 Å². The highest BCUT2D eigenvalue weighted by atomic mass is 19.4. The molecule has 1 aliphatic heterocycles. The van der Waals surface area contributed by atoms with Gasteiger partial charge in [0.05, 0.1) is 6.61 Å². The number of alkyl halides is 3. The van der Waals surface area contributed by atoms with Crippen LogP contribution in [0, 0.1) is 5.41 Å². The molecule has 14 heavy (non-hydrogen) atoms. The molecule has 0 aromatic heterocycles. The summed E-state index contributed by atoms with van der Waals surface area (Å²) in [6.45, 7) is 5.89. The Kier molecular flexibility index (Phi) is 3.11. The third-order valence-corrected chi connectivity index (χ3v) is 2.42. The molecule has 0 aromatic carbocycles. The summed E-state index contributed by atoms with van der Waals surface area (Å²) in [6, 6.07) is -0.0129. The summed E-state index contributed by atoms with van der Waals surface area (Å²) in [5.74, 6) is 0. The van der Waals surface area contributed by atoms with E-state index in [4.69, 9.17) is 4.74 Å². The molecule has 0 aromatic rings. The molecular weight excluding hydrogens is 195 g/mol. The maximum Gasteiger partial charge on any atom is 0.415 e. The fraction of sp³-hybridized carbons (Fsp3) is 1.00. The molecule has 0 saturated carbocycles. The van der Waals surface area contributed by atoms with Gasteiger partial charge in [-0.2, -0.15) is 13.2 Å². The fourth-order valence-electron chi connectivity index (χ4n) is 1.35. The van der Waals surface area contributed by atoms with Crippen LogP contribution >= 0.6 is 0 Å². The summed E-state index contributed by atoms with van der Waals surface area (Å²) in [7, 11) is 0. The molecule has 1 saturated heterocycles. The zero-order valence-electron chi connectivity index (χ0n) is 8.61. The van der Waals surface area contributed by atoms with E-state index in [1.807, 2.05) is 20.8 Å². The summed E-state index contributed by atoms with van der Waals surface area (Å²) in [5.41, 5.74) is -0.0728. The molecule has 5 heteroatoms. The van der Waals surface area contributed by atoms with Gasteiger partial charge in [-0.25, -0.2) is 0 Å². The maximum absolute atomic E-state index is 12.2. The van der Waals surface area contributed by atoms with Crippen LogP contribution in [0.1, 0.15) is 20.8 Å². The average Bonchev–Trinajstić information content (AvgIpc) is 2.01. The van der Waals surface area contributed by atoms with Crippen molar-refractivity contribution in [2.45, 2.75) is 39.1 Å². The van der Waals surface area contributed by atoms with E-state index in [9.17, 15) is 13.2 Å². The van der Waals surface area contributed by atoms with Gasteiger partial charge in [0.2, 0.25) is 0 Å². The van der Waals surface area contributed by atoms with E-state index in [0.717, 1.165) is 0 Å². The molecule has 2 unspecified atom stereocenters. The molecule has 1 rings (SSSR count). The minimum Gasteiger partial charge on any atom is -0.366 e. The van der Waals surface area contributed by atoms with Crippen LogP contribution in [0.4, 0.5) is 13.2 Å². The molecule has 84 valence electrons. The van der Waals surface area contributed by atoms with E-state index in [1.165, 1.54) is 0 Å². The van der Waals surface area contributed by atoms with Crippen molar-refractivity contribution in [1.82, 2.24) is 5.32 Å². The molecule has 0 radical (unpaired) electrons. The molecule has 2 nitrogen and oxygen atoms in total. The van der Waals surface area contributed by atoms with Gasteiger partial charge in [0.25, 0.3) is 0 Å². The van der Waals surface area contributed by atoms with Crippen LogP contribution in [-0.4, -0.2) is 31.5 Å². The van der Waals surface area contributed by atoms with E-state index >= 15 is 0 Å². The highest BCUT2D eigenvalue weighted by Crippen LogP contribution is 2.28. The second-order valence-electron chi connectivity index (χ2n) is 4.69. The van der Waals surface area contributed by atoms with Crippen LogP contribution in [-0.2, 0) is 4.74 Å². The molecule has 0 aliphatic carbocycles. The smallest absolute Gasteiger partial charge is 0.366 e. The minimum absolute atomic E-state index is 0.0129. The molecule has 1 fully saturated rings. The Labute approximate surface area is 81.8 Å². The summed E-state index contributed by atoms with van der Waals surface area (Å²) in [5, 5.41) is 2.87. The predicted molar refractivity (Wildman–Crippen MR) is 47.0 cm³/mol. The number of hydrogen-bond acceptors (Lipinski definition) is 2. The van der Waals surface area contributed by atoms with E-state index in [0.29, 0.717) is 0 Å². The molecule has 1 heterocycles. The lowest BCUT2D eigenvalue weighted by Gasteiger charge is -2.38. The Bertz CT molecular complexity index is 167. The first-order valence-electron chi connectivity index (χ1n) is 4.63. The Morgan fingerprint density at radius 1 is 1.21 bits per heavy atom. The van der Waals surface area contributed by atoms with Crippen LogP contribution < -0.4 is 5.32 Å². The minimum atomic E-state index is -4.25. The summed E-state index contributed by atoms with van der Waals surface area (Å²) in [6.07, 6.45) is -5.91. The van der Waals surface area contributed by atoms with E-state index in [-0.39, 0.29) is 24.6 Å². The van der Waals surface area contributed by atoms with Gasteiger partial charge in [0, 0.05) is 12.6 Å². The van der Waals surface area contributed by atoms with Crippen LogP contribution in [0.5, 0.6) is 0 Å². The molecule has 2 atom stereocenters. The normalized spacial score (nSPS) is 30.4. The van der Waals surface area contributed by atoms with Crippen molar-refractivity contribution in [2.24, 2.45) is 5.41 Å². The first kappa shape index (κ1) is 11.8. The van der Waals surface area contributed by atoms with Crippen molar-refractivity contribution < 1.29 is 17.9 Å². The lowest BCUT2D eigenvalue weighted by Crippen LogP contribution is -2.56. The van der Waals surface area contributed by atoms with Crippen molar-refractivity contribution in [1.29, 1.82) is 0 Å². The van der Waals surface area contributed by atoms with Crippen LogP contribution in [0.3, 0.4) is 0 Å². The molecule has 0 spiro atoms. The first-order chi connectivity index (χ1) is 6.21. The number of morpholine rings is 1. The largest absolute Gasteiger partial charge is 0.415 e. The van der Waals surface area contributed by atoms with Gasteiger partial charge < -0.3 is 10.1 Å². The number of nitrogens with one attached hydrogen (secondary N) is 1. The summed E-state index contributed by atoms with van der Waals surface area (Å²) >= 11 is 0. The van der Waals surface area contributed by atoms with E-state index in [1.54, 1.807) is 0 Å². The molecule has 1 aliphatic rings. The Hall–Kier alpha value is -0.290. The Morgan fingerprint density at radius 2 is 1.79 bits per heavy atom. The van der Waals surface area contributed by atoms with Gasteiger partial charge in [0.1, 0.15) is 0 Å². The lowest BCUT2D eigenvalue weighted by molar-refractivity contribution is -0.232. The highest BCUT2D eigenvalue weighted by molar-refractivity contribution is 4.87. The maximum atomic E-state index is 12.2. The summed E-state index contributed by atoms with van der Waals surface area (Å²) in [4.78, 5) is 0. The quantitative estimate of drug-likeness (QED) is 0.661. The van der Waals surface area contributed by atoms with Gasteiger partial charge >= 0.3 is 6.18 Å². The monoisotopic (exact) mass is 211 g/mol. The second-order valence-corrected chi connectivity index (χ2v) is 4.69. The molecule has 0 amide bonds. The van der Waals surface area contributed by atoms with Crippen molar-refractivity contribution in [2.75, 3.05) is 13.2 Å². The predicted octanol–water partition coefficient (Wildman–Crippen LogP) is 1.95. The van der Waals surface area contributed by atoms with Crippen LogP contribution in [0.2, 0.25) is 0 Å².